The van der Waals surface area contributed by atoms with Gasteiger partial charge >= 0.3 is 6.09 Å². The van der Waals surface area contributed by atoms with Crippen LogP contribution in [-0.2, 0) is 16.0 Å². The Bertz CT molecular complexity index is 470. The molecule has 1 aliphatic rings. The maximum absolute atomic E-state index is 11.8. The van der Waals surface area contributed by atoms with E-state index in [2.05, 4.69) is 10.3 Å². The van der Waals surface area contributed by atoms with Crippen molar-refractivity contribution in [2.24, 2.45) is 5.92 Å². The molecule has 122 valence electrons. The first-order chi connectivity index (χ1) is 10.7. The van der Waals surface area contributed by atoms with Gasteiger partial charge in [0.2, 0.25) is 0 Å². The van der Waals surface area contributed by atoms with Crippen molar-refractivity contribution in [3.63, 3.8) is 0 Å². The summed E-state index contributed by atoms with van der Waals surface area (Å²) in [6.45, 7) is 1.23. The summed E-state index contributed by atoms with van der Waals surface area (Å²) in [5.41, 5.74) is 0. The van der Waals surface area contributed by atoms with Crippen LogP contribution in [-0.4, -0.2) is 48.6 Å². The summed E-state index contributed by atoms with van der Waals surface area (Å²) >= 11 is 1.71. The van der Waals surface area contributed by atoms with Crippen LogP contribution in [0.2, 0.25) is 0 Å². The van der Waals surface area contributed by atoms with Crippen molar-refractivity contribution in [3.8, 4) is 0 Å². The second-order valence-electron chi connectivity index (χ2n) is 5.48. The third-order valence-electron chi connectivity index (χ3n) is 3.96. The number of rotatable bonds is 6. The summed E-state index contributed by atoms with van der Waals surface area (Å²) in [4.78, 5) is 28.9. The molecule has 0 aromatic carbocycles. The first-order valence-electron chi connectivity index (χ1n) is 7.69. The number of aromatic nitrogens is 1. The zero-order chi connectivity index (χ0) is 15.8. The Labute approximate surface area is 134 Å². The van der Waals surface area contributed by atoms with Crippen molar-refractivity contribution in [2.75, 3.05) is 26.7 Å². The summed E-state index contributed by atoms with van der Waals surface area (Å²) in [5.74, 6) is 0.383. The van der Waals surface area contributed by atoms with Crippen LogP contribution in [0, 0.1) is 5.92 Å². The van der Waals surface area contributed by atoms with Crippen LogP contribution < -0.4 is 5.32 Å². The molecule has 0 spiro atoms. The molecule has 2 rings (SSSR count). The molecule has 2 heterocycles. The van der Waals surface area contributed by atoms with Crippen molar-refractivity contribution in [1.82, 2.24) is 15.2 Å². The number of likely N-dealkylation sites (N-methyl/N-ethyl adjacent to an activating group) is 1. The molecule has 1 saturated heterocycles. The number of ether oxygens (including phenoxy) is 1. The minimum atomic E-state index is -0.384. The van der Waals surface area contributed by atoms with Gasteiger partial charge in [-0.05, 0) is 38.0 Å². The molecule has 0 radical (unpaired) electrons. The minimum absolute atomic E-state index is 0.205. The van der Waals surface area contributed by atoms with Crippen LogP contribution in [0.5, 0.6) is 0 Å². The zero-order valence-electron chi connectivity index (χ0n) is 12.9. The number of nitrogens with one attached hydrogen (secondary N) is 1. The lowest BCUT2D eigenvalue weighted by Crippen LogP contribution is -2.40. The predicted molar refractivity (Wildman–Crippen MR) is 84.8 cm³/mol. The van der Waals surface area contributed by atoms with Gasteiger partial charge in [0.15, 0.2) is 6.61 Å². The van der Waals surface area contributed by atoms with E-state index < -0.39 is 0 Å². The molecule has 1 aromatic rings. The first kappa shape index (κ1) is 16.7. The largest absolute Gasteiger partial charge is 0.439 e. The van der Waals surface area contributed by atoms with Gasteiger partial charge in [0.1, 0.15) is 0 Å². The van der Waals surface area contributed by atoms with Crippen molar-refractivity contribution >= 4 is 23.3 Å². The molecule has 0 atom stereocenters. The molecule has 7 heteroatoms. The van der Waals surface area contributed by atoms with E-state index in [9.17, 15) is 9.59 Å². The third-order valence-corrected chi connectivity index (χ3v) is 4.80. The van der Waals surface area contributed by atoms with Gasteiger partial charge in [0, 0.05) is 31.7 Å². The number of amides is 2. The van der Waals surface area contributed by atoms with Crippen LogP contribution in [0.25, 0.3) is 0 Å². The van der Waals surface area contributed by atoms with Crippen molar-refractivity contribution in [3.05, 3.63) is 16.6 Å². The monoisotopic (exact) mass is 325 g/mol. The molecule has 1 aromatic heterocycles. The Morgan fingerprint density at radius 2 is 2.23 bits per heavy atom. The lowest BCUT2D eigenvalue weighted by Gasteiger charge is -2.31. The number of hydrogen-bond donors (Lipinski definition) is 1. The summed E-state index contributed by atoms with van der Waals surface area (Å²) in [7, 11) is 1.52. The molecule has 1 N–H and O–H groups in total. The zero-order valence-corrected chi connectivity index (χ0v) is 13.7. The van der Waals surface area contributed by atoms with E-state index in [1.54, 1.807) is 16.2 Å². The number of thiazole rings is 1. The quantitative estimate of drug-likeness (QED) is 0.869. The Hall–Kier alpha value is -1.63. The summed E-state index contributed by atoms with van der Waals surface area (Å²) < 4.78 is 4.97. The minimum Gasteiger partial charge on any atom is -0.439 e. The fourth-order valence-corrected chi connectivity index (χ4v) is 3.28. The molecule has 1 aliphatic heterocycles. The van der Waals surface area contributed by atoms with Crippen LogP contribution in [0.4, 0.5) is 4.79 Å². The summed E-state index contributed by atoms with van der Waals surface area (Å²) in [6, 6.07) is 0. The van der Waals surface area contributed by atoms with E-state index in [0.29, 0.717) is 19.0 Å². The van der Waals surface area contributed by atoms with Crippen LogP contribution in [0.3, 0.4) is 0 Å². The van der Waals surface area contributed by atoms with Gasteiger partial charge in [-0.3, -0.25) is 4.79 Å². The van der Waals surface area contributed by atoms with E-state index in [1.807, 2.05) is 11.6 Å². The number of aryl methyl sites for hydroxylation is 1. The van der Waals surface area contributed by atoms with Gasteiger partial charge in [-0.2, -0.15) is 0 Å². The number of hydrogen-bond acceptors (Lipinski definition) is 5. The van der Waals surface area contributed by atoms with Crippen molar-refractivity contribution < 1.29 is 14.3 Å². The molecule has 0 saturated carbocycles. The fourth-order valence-electron chi connectivity index (χ4n) is 2.61. The van der Waals surface area contributed by atoms with Crippen molar-refractivity contribution in [1.29, 1.82) is 0 Å². The molecule has 6 nitrogen and oxygen atoms in total. The molecule has 0 aliphatic carbocycles. The standard InChI is InChI=1S/C15H23N3O3S/c1-16-13(19)11-21-15(20)18-8-5-12(6-9-18)3-2-4-14-17-7-10-22-14/h7,10,12H,2-6,8-9,11H2,1H3,(H,16,19). The molecule has 0 bridgehead atoms. The Morgan fingerprint density at radius 1 is 1.45 bits per heavy atom. The highest BCUT2D eigenvalue weighted by Crippen LogP contribution is 2.23. The van der Waals surface area contributed by atoms with E-state index in [0.717, 1.165) is 25.7 Å². The van der Waals surface area contributed by atoms with Gasteiger partial charge in [-0.25, -0.2) is 9.78 Å². The van der Waals surface area contributed by atoms with Crippen LogP contribution >= 0.6 is 11.3 Å². The first-order valence-corrected chi connectivity index (χ1v) is 8.57. The highest BCUT2D eigenvalue weighted by atomic mass is 32.1. The molecule has 22 heavy (non-hydrogen) atoms. The van der Waals surface area contributed by atoms with Gasteiger partial charge in [-0.1, -0.05) is 0 Å². The maximum Gasteiger partial charge on any atom is 0.410 e. The summed E-state index contributed by atoms with van der Waals surface area (Å²) in [5, 5.41) is 5.64. The lowest BCUT2D eigenvalue weighted by molar-refractivity contribution is -0.123. The van der Waals surface area contributed by atoms with Crippen molar-refractivity contribution in [2.45, 2.75) is 32.1 Å². The van der Waals surface area contributed by atoms with Gasteiger partial charge in [0.25, 0.3) is 5.91 Å². The fraction of sp³-hybridized carbons (Fsp3) is 0.667. The lowest BCUT2D eigenvalue weighted by atomic mass is 9.92. The second-order valence-corrected chi connectivity index (χ2v) is 6.46. The van der Waals surface area contributed by atoms with Gasteiger partial charge < -0.3 is 15.0 Å². The average molecular weight is 325 g/mol. The van der Waals surface area contributed by atoms with E-state index >= 15 is 0 Å². The smallest absolute Gasteiger partial charge is 0.410 e. The maximum atomic E-state index is 11.8. The number of carbonyl (C=O) groups excluding carboxylic acids is 2. The summed E-state index contributed by atoms with van der Waals surface area (Å²) in [6.07, 6.45) is 6.86. The molecular weight excluding hydrogens is 302 g/mol. The Morgan fingerprint density at radius 3 is 2.86 bits per heavy atom. The van der Waals surface area contributed by atoms with Gasteiger partial charge in [0.05, 0.1) is 5.01 Å². The van der Waals surface area contributed by atoms with E-state index in [1.165, 1.54) is 18.5 Å². The number of nitrogens with zero attached hydrogens (tertiary/aromatic N) is 2. The number of likely N-dealkylation sites (tertiary alicyclic amines) is 1. The molecule has 2 amide bonds. The van der Waals surface area contributed by atoms with Crippen LogP contribution in [0.15, 0.2) is 11.6 Å². The second kappa shape index (κ2) is 8.73. The third kappa shape index (κ3) is 5.29. The topological polar surface area (TPSA) is 71.5 Å². The Kier molecular flexibility index (Phi) is 6.64. The highest BCUT2D eigenvalue weighted by Gasteiger charge is 2.23. The SMILES string of the molecule is CNC(=O)COC(=O)N1CCC(CCCc2nccs2)CC1. The number of piperidine rings is 1. The predicted octanol–water partition coefficient (Wildman–Crippen LogP) is 2.06. The normalized spacial score (nSPS) is 15.6. The van der Waals surface area contributed by atoms with Crippen LogP contribution in [0.1, 0.15) is 30.7 Å². The van der Waals surface area contributed by atoms with Gasteiger partial charge in [-0.15, -0.1) is 11.3 Å². The van der Waals surface area contributed by atoms with E-state index in [-0.39, 0.29) is 18.6 Å². The molecular formula is C15H23N3O3S. The molecule has 0 unspecified atom stereocenters. The molecule has 1 fully saturated rings. The average Bonchev–Trinajstić information content (AvgIpc) is 3.06. The Balaban J connectivity index is 1.60. The number of carbonyl (C=O) groups is 2. The highest BCUT2D eigenvalue weighted by molar-refractivity contribution is 7.09. The van der Waals surface area contributed by atoms with E-state index in [4.69, 9.17) is 4.74 Å².